The van der Waals surface area contributed by atoms with Gasteiger partial charge in [-0.15, -0.1) is 10.2 Å². The molecule has 0 radical (unpaired) electrons. The molecule has 278 valence electrons. The third-order valence-electron chi connectivity index (χ3n) is 7.00. The fourth-order valence-corrected chi connectivity index (χ4v) is 6.03. The van der Waals surface area contributed by atoms with Crippen molar-refractivity contribution >= 4 is 37.1 Å². The van der Waals surface area contributed by atoms with Crippen molar-refractivity contribution < 1.29 is 51.8 Å². The van der Waals surface area contributed by atoms with Crippen LogP contribution in [0, 0.1) is 0 Å². The number of aryl methyl sites for hydroxylation is 2. The molecule has 1 fully saturated rings. The number of hydrogen-bond acceptors (Lipinski definition) is 17. The Bertz CT molecular complexity index is 1880. The lowest BCUT2D eigenvalue weighted by atomic mass is 10.1. The van der Waals surface area contributed by atoms with Crippen LogP contribution in [0.15, 0.2) is 25.0 Å². The number of amides is 1. The fraction of sp³-hybridized carbons (Fsp3) is 0.607. The van der Waals surface area contributed by atoms with Gasteiger partial charge in [-0.05, 0) is 41.5 Å². The summed E-state index contributed by atoms with van der Waals surface area (Å²) in [6.45, 7) is 9.60. The van der Waals surface area contributed by atoms with E-state index in [9.17, 15) is 19.0 Å². The normalized spacial score (nSPS) is 20.6. The summed E-state index contributed by atoms with van der Waals surface area (Å²) in [5.74, 6) is -0.00889. The molecule has 4 aromatic heterocycles. The van der Waals surface area contributed by atoms with Crippen LogP contribution < -0.4 is 5.32 Å². The monoisotopic (exact) mass is 737 g/mol. The molecule has 22 nitrogen and oxygen atoms in total. The number of phosphoric acid groups is 1. The van der Waals surface area contributed by atoms with E-state index in [-0.39, 0.29) is 36.8 Å². The van der Waals surface area contributed by atoms with Crippen LogP contribution >= 0.6 is 7.82 Å². The minimum Gasteiger partial charge on any atom is -0.443 e. The van der Waals surface area contributed by atoms with Crippen molar-refractivity contribution in [1.29, 1.82) is 0 Å². The largest absolute Gasteiger partial charge is 0.509 e. The molecule has 23 heteroatoms. The summed E-state index contributed by atoms with van der Waals surface area (Å²) in [5, 5.41) is 17.6. The molecule has 1 aliphatic rings. The molecule has 0 aliphatic carbocycles. The average molecular weight is 738 g/mol. The maximum absolute atomic E-state index is 13.3. The van der Waals surface area contributed by atoms with Gasteiger partial charge in [0.2, 0.25) is 0 Å². The van der Waals surface area contributed by atoms with Gasteiger partial charge in [-0.3, -0.25) is 18.9 Å². The Balaban J connectivity index is 1.46. The molecule has 51 heavy (non-hydrogen) atoms. The Morgan fingerprint density at radius 3 is 2.18 bits per heavy atom. The van der Waals surface area contributed by atoms with Crippen LogP contribution in [0.25, 0.3) is 11.2 Å². The molecular formula is C28H40N11O11P. The van der Waals surface area contributed by atoms with Crippen molar-refractivity contribution in [3.05, 3.63) is 36.4 Å². The van der Waals surface area contributed by atoms with E-state index in [1.165, 1.54) is 32.7 Å². The van der Waals surface area contributed by atoms with Crippen molar-refractivity contribution in [2.45, 2.75) is 90.5 Å². The molecule has 5 rings (SSSR count). The number of nitrogens with zero attached hydrogens (tertiary/aromatic N) is 10. The number of nitrogens with one attached hydrogen (secondary N) is 1. The van der Waals surface area contributed by atoms with E-state index in [0.717, 1.165) is 6.33 Å². The number of aromatic nitrogens is 10. The van der Waals surface area contributed by atoms with Gasteiger partial charge in [0, 0.05) is 14.1 Å². The minimum atomic E-state index is -4.82. The van der Waals surface area contributed by atoms with Gasteiger partial charge in [0.25, 0.3) is 0 Å². The molecule has 2 unspecified atom stereocenters. The van der Waals surface area contributed by atoms with Gasteiger partial charge in [0.05, 0.1) is 47.9 Å². The maximum Gasteiger partial charge on any atom is 0.509 e. The molecule has 0 spiro atoms. The lowest BCUT2D eigenvalue weighted by Crippen LogP contribution is -2.40. The molecule has 0 saturated carbocycles. The van der Waals surface area contributed by atoms with Gasteiger partial charge in [0.1, 0.15) is 31.7 Å². The number of hydrogen-bond donors (Lipinski definition) is 2. The molecule has 1 aliphatic heterocycles. The van der Waals surface area contributed by atoms with E-state index in [2.05, 4.69) is 40.9 Å². The second kappa shape index (κ2) is 14.9. The van der Waals surface area contributed by atoms with E-state index in [0.29, 0.717) is 11.4 Å². The van der Waals surface area contributed by atoms with Crippen LogP contribution in [0.1, 0.15) is 59.2 Å². The van der Waals surface area contributed by atoms with Crippen LogP contribution in [-0.4, -0.2) is 103 Å². The highest BCUT2D eigenvalue weighted by molar-refractivity contribution is 7.47. The lowest BCUT2D eigenvalue weighted by Gasteiger charge is -2.29. The van der Waals surface area contributed by atoms with Crippen molar-refractivity contribution in [3.8, 4) is 0 Å². The zero-order valence-electron chi connectivity index (χ0n) is 29.2. The van der Waals surface area contributed by atoms with Gasteiger partial charge in [-0.25, -0.2) is 38.5 Å². The Morgan fingerprint density at radius 1 is 0.941 bits per heavy atom. The molecule has 1 saturated heterocycles. The van der Waals surface area contributed by atoms with Gasteiger partial charge < -0.3 is 28.6 Å². The summed E-state index contributed by atoms with van der Waals surface area (Å²) in [6, 6.07) is 0. The summed E-state index contributed by atoms with van der Waals surface area (Å²) in [5.41, 5.74) is -0.519. The highest BCUT2D eigenvalue weighted by atomic mass is 31.2. The Hall–Kier alpha value is -4.60. The molecule has 0 bridgehead atoms. The van der Waals surface area contributed by atoms with Crippen LogP contribution in [-0.2, 0) is 64.6 Å². The first-order chi connectivity index (χ1) is 23.9. The first kappa shape index (κ1) is 37.7. The summed E-state index contributed by atoms with van der Waals surface area (Å²) in [4.78, 5) is 49.5. The third-order valence-corrected chi connectivity index (χ3v) is 8.29. The number of carbonyl (C=O) groups excluding carboxylic acids is 2. The van der Waals surface area contributed by atoms with Gasteiger partial charge >= 0.3 is 20.1 Å². The number of phosphoric ester groups is 1. The van der Waals surface area contributed by atoms with Gasteiger partial charge in [-0.1, -0.05) is 10.4 Å². The summed E-state index contributed by atoms with van der Waals surface area (Å²) >= 11 is 0. The second-order valence-corrected chi connectivity index (χ2v) is 14.6. The quantitative estimate of drug-likeness (QED) is 0.156. The standard InChI is InChI=1S/C28H40N11O11P/c1-27(2,3)46-13-18-20(49-51(42,43)50-28(4,5)6)21(48-26(41)45-12-17-10-33-36-38(17)8)24(47-18)39-15-31-19-22(29-14-30-23(19)39)34-25(40)44-11-16-9-32-35-37(16)7/h9-10,14-15,18,20-21,24H,11-13H2,1-8H3,(H,42,43)(H,29,30,34,40)/t18-,20?,21+,24-/m1/s1. The predicted octanol–water partition coefficient (Wildman–Crippen LogP) is 2.57. The SMILES string of the molecule is Cn1nncc1COC(=O)Nc1ncnc2c1ncn2[C@@H]1O[C@H](COC(C)(C)C)C(OP(=O)(O)OC(C)(C)C)[C@@H]1OC(=O)OCc1cnnn1C. The van der Waals surface area contributed by atoms with Crippen molar-refractivity contribution in [2.24, 2.45) is 14.1 Å². The highest BCUT2D eigenvalue weighted by Crippen LogP contribution is 2.52. The number of fused-ring (bicyclic) bond motifs is 1. The third kappa shape index (κ3) is 9.80. The Morgan fingerprint density at radius 2 is 1.59 bits per heavy atom. The molecule has 4 aromatic rings. The number of anilines is 1. The number of rotatable bonds is 12. The topological polar surface area (TPSA) is 253 Å². The van der Waals surface area contributed by atoms with E-state index in [1.807, 2.05) is 0 Å². The van der Waals surface area contributed by atoms with Gasteiger partial charge in [0.15, 0.2) is 29.3 Å². The smallest absolute Gasteiger partial charge is 0.443 e. The summed E-state index contributed by atoms with van der Waals surface area (Å²) < 4.78 is 57.2. The molecule has 2 N–H and O–H groups in total. The lowest BCUT2D eigenvalue weighted by molar-refractivity contribution is -0.100. The van der Waals surface area contributed by atoms with E-state index in [1.54, 1.807) is 55.6 Å². The minimum absolute atomic E-state index is 0.00889. The van der Waals surface area contributed by atoms with Gasteiger partial charge in [-0.2, -0.15) is 0 Å². The van der Waals surface area contributed by atoms with E-state index < -0.39 is 55.8 Å². The van der Waals surface area contributed by atoms with Crippen LogP contribution in [0.5, 0.6) is 0 Å². The Kier molecular flexibility index (Phi) is 11.0. The first-order valence-electron chi connectivity index (χ1n) is 15.5. The fourth-order valence-electron chi connectivity index (χ4n) is 4.74. The second-order valence-electron chi connectivity index (χ2n) is 13.3. The van der Waals surface area contributed by atoms with E-state index >= 15 is 0 Å². The molecular weight excluding hydrogens is 697 g/mol. The maximum atomic E-state index is 13.3. The zero-order valence-corrected chi connectivity index (χ0v) is 30.1. The Labute approximate surface area is 291 Å². The average Bonchev–Trinajstić information content (AvgIpc) is 3.80. The van der Waals surface area contributed by atoms with Crippen molar-refractivity contribution in [1.82, 2.24) is 49.5 Å². The molecule has 5 heterocycles. The van der Waals surface area contributed by atoms with Crippen LogP contribution in [0.4, 0.5) is 15.4 Å². The van der Waals surface area contributed by atoms with Crippen LogP contribution in [0.2, 0.25) is 0 Å². The summed E-state index contributed by atoms with van der Waals surface area (Å²) in [7, 11) is -1.56. The summed E-state index contributed by atoms with van der Waals surface area (Å²) in [6.07, 6.45) is -2.01. The molecule has 1 amide bonds. The molecule has 5 atom stereocenters. The predicted molar refractivity (Wildman–Crippen MR) is 171 cm³/mol. The van der Waals surface area contributed by atoms with Crippen molar-refractivity contribution in [2.75, 3.05) is 11.9 Å². The number of imidazole rings is 1. The van der Waals surface area contributed by atoms with Crippen molar-refractivity contribution in [3.63, 3.8) is 0 Å². The number of carbonyl (C=O) groups is 2. The van der Waals surface area contributed by atoms with E-state index in [4.69, 9.17) is 32.7 Å². The first-order valence-corrected chi connectivity index (χ1v) is 17.0. The highest BCUT2D eigenvalue weighted by Gasteiger charge is 2.53. The zero-order chi connectivity index (χ0) is 37.1. The number of ether oxygens (including phenoxy) is 5. The van der Waals surface area contributed by atoms with Crippen LogP contribution in [0.3, 0.4) is 0 Å². The molecule has 0 aromatic carbocycles.